The molecule has 0 amide bonds. The van der Waals surface area contributed by atoms with Crippen LogP contribution in [0, 0.1) is 23.0 Å². The first kappa shape index (κ1) is 13.4. The molecule has 6 heteroatoms. The summed E-state index contributed by atoms with van der Waals surface area (Å²) >= 11 is 3.03. The zero-order valence-corrected chi connectivity index (χ0v) is 11.1. The molecule has 0 aliphatic heterocycles. The maximum atomic E-state index is 13.5. The SMILES string of the molecule is N#Cc1cc(COc2c(F)cc(F)cc2Br)ccn1. The van der Waals surface area contributed by atoms with Crippen LogP contribution in [-0.4, -0.2) is 4.98 Å². The Morgan fingerprint density at radius 1 is 1.32 bits per heavy atom. The zero-order valence-electron chi connectivity index (χ0n) is 9.53. The number of benzene rings is 1. The minimum absolute atomic E-state index is 0.0539. The third-order valence-electron chi connectivity index (χ3n) is 2.29. The maximum absolute atomic E-state index is 13.5. The highest BCUT2D eigenvalue weighted by atomic mass is 79.9. The number of rotatable bonds is 3. The van der Waals surface area contributed by atoms with Crippen LogP contribution in [0.15, 0.2) is 34.9 Å². The lowest BCUT2D eigenvalue weighted by Gasteiger charge is -2.09. The highest BCUT2D eigenvalue weighted by Gasteiger charge is 2.11. The number of aromatic nitrogens is 1. The van der Waals surface area contributed by atoms with Gasteiger partial charge < -0.3 is 4.74 Å². The molecule has 0 saturated heterocycles. The Morgan fingerprint density at radius 3 is 2.79 bits per heavy atom. The van der Waals surface area contributed by atoms with Gasteiger partial charge in [0.15, 0.2) is 11.6 Å². The quantitative estimate of drug-likeness (QED) is 0.867. The van der Waals surface area contributed by atoms with E-state index < -0.39 is 11.6 Å². The van der Waals surface area contributed by atoms with Crippen LogP contribution in [0.25, 0.3) is 0 Å². The van der Waals surface area contributed by atoms with Gasteiger partial charge in [-0.3, -0.25) is 0 Å². The number of pyridine rings is 1. The summed E-state index contributed by atoms with van der Waals surface area (Å²) in [4.78, 5) is 3.81. The molecule has 2 aromatic rings. The Morgan fingerprint density at radius 2 is 2.11 bits per heavy atom. The van der Waals surface area contributed by atoms with Crippen LogP contribution in [0.4, 0.5) is 8.78 Å². The summed E-state index contributed by atoms with van der Waals surface area (Å²) in [6.07, 6.45) is 1.47. The Bertz CT molecular complexity index is 632. The van der Waals surface area contributed by atoms with Crippen LogP contribution in [0.3, 0.4) is 0 Å². The number of hydrogen-bond acceptors (Lipinski definition) is 3. The Kier molecular flexibility index (Phi) is 4.07. The Hall–Kier alpha value is -2.00. The van der Waals surface area contributed by atoms with Crippen molar-refractivity contribution < 1.29 is 13.5 Å². The van der Waals surface area contributed by atoms with Gasteiger partial charge in [0.2, 0.25) is 0 Å². The molecule has 0 saturated carbocycles. The average Bonchev–Trinajstić information content (AvgIpc) is 2.37. The van der Waals surface area contributed by atoms with Crippen molar-refractivity contribution in [3.63, 3.8) is 0 Å². The van der Waals surface area contributed by atoms with E-state index >= 15 is 0 Å². The molecule has 0 atom stereocenters. The van der Waals surface area contributed by atoms with E-state index in [0.29, 0.717) is 5.56 Å². The molecule has 1 aromatic heterocycles. The van der Waals surface area contributed by atoms with Gasteiger partial charge in [-0.2, -0.15) is 5.26 Å². The van der Waals surface area contributed by atoms with Crippen LogP contribution in [-0.2, 0) is 6.61 Å². The van der Waals surface area contributed by atoms with E-state index in [1.807, 2.05) is 6.07 Å². The fraction of sp³-hybridized carbons (Fsp3) is 0.0769. The first-order valence-corrected chi connectivity index (χ1v) is 6.02. The molecule has 96 valence electrons. The smallest absolute Gasteiger partial charge is 0.169 e. The van der Waals surface area contributed by atoms with Crippen LogP contribution in [0.1, 0.15) is 11.3 Å². The fourth-order valence-electron chi connectivity index (χ4n) is 1.45. The summed E-state index contributed by atoms with van der Waals surface area (Å²) in [6.45, 7) is 0.0539. The van der Waals surface area contributed by atoms with Gasteiger partial charge in [0.25, 0.3) is 0 Å². The third kappa shape index (κ3) is 3.26. The van der Waals surface area contributed by atoms with Crippen molar-refractivity contribution in [3.05, 3.63) is 57.8 Å². The summed E-state index contributed by atoms with van der Waals surface area (Å²) in [7, 11) is 0. The second kappa shape index (κ2) is 5.76. The highest BCUT2D eigenvalue weighted by molar-refractivity contribution is 9.10. The summed E-state index contributed by atoms with van der Waals surface area (Å²) in [6, 6.07) is 6.94. The predicted octanol–water partition coefficient (Wildman–Crippen LogP) is 3.57. The topological polar surface area (TPSA) is 45.9 Å². The van der Waals surface area contributed by atoms with E-state index in [1.54, 1.807) is 6.07 Å². The zero-order chi connectivity index (χ0) is 13.8. The molecule has 0 bridgehead atoms. The van der Waals surface area contributed by atoms with Crippen molar-refractivity contribution in [1.82, 2.24) is 4.98 Å². The number of nitriles is 1. The van der Waals surface area contributed by atoms with Crippen molar-refractivity contribution in [2.45, 2.75) is 6.61 Å². The van der Waals surface area contributed by atoms with Crippen molar-refractivity contribution in [2.75, 3.05) is 0 Å². The first-order chi connectivity index (χ1) is 9.10. The van der Waals surface area contributed by atoms with Gasteiger partial charge in [-0.15, -0.1) is 0 Å². The normalized spacial score (nSPS) is 10.0. The average molecular weight is 325 g/mol. The molecule has 1 aromatic carbocycles. The van der Waals surface area contributed by atoms with E-state index in [2.05, 4.69) is 20.9 Å². The first-order valence-electron chi connectivity index (χ1n) is 5.22. The maximum Gasteiger partial charge on any atom is 0.169 e. The molecule has 0 N–H and O–H groups in total. The van der Waals surface area contributed by atoms with Crippen LogP contribution in [0.5, 0.6) is 5.75 Å². The van der Waals surface area contributed by atoms with Gasteiger partial charge in [0.05, 0.1) is 4.47 Å². The van der Waals surface area contributed by atoms with E-state index in [-0.39, 0.29) is 22.5 Å². The van der Waals surface area contributed by atoms with Gasteiger partial charge in [0.1, 0.15) is 24.2 Å². The van der Waals surface area contributed by atoms with Crippen LogP contribution >= 0.6 is 15.9 Å². The number of hydrogen-bond donors (Lipinski definition) is 0. The molecular formula is C13H7BrF2N2O. The largest absolute Gasteiger partial charge is 0.485 e. The molecule has 0 aliphatic carbocycles. The monoisotopic (exact) mass is 324 g/mol. The molecule has 19 heavy (non-hydrogen) atoms. The van der Waals surface area contributed by atoms with Gasteiger partial charge in [-0.05, 0) is 39.7 Å². The number of halogens is 3. The standard InChI is InChI=1S/C13H7BrF2N2O/c14-11-4-9(15)5-12(16)13(11)19-7-8-1-2-18-10(3-8)6-17/h1-5H,7H2. The second-order valence-corrected chi connectivity index (χ2v) is 4.50. The summed E-state index contributed by atoms with van der Waals surface area (Å²) < 4.78 is 31.9. The molecule has 0 fully saturated rings. The molecule has 0 spiro atoms. The highest BCUT2D eigenvalue weighted by Crippen LogP contribution is 2.29. The Labute approximate surface area is 116 Å². The molecule has 3 nitrogen and oxygen atoms in total. The minimum atomic E-state index is -0.790. The van der Waals surface area contributed by atoms with E-state index in [9.17, 15) is 8.78 Å². The van der Waals surface area contributed by atoms with Crippen molar-refractivity contribution >= 4 is 15.9 Å². The molecule has 0 unspecified atom stereocenters. The second-order valence-electron chi connectivity index (χ2n) is 3.65. The van der Waals surface area contributed by atoms with Crippen molar-refractivity contribution in [2.24, 2.45) is 0 Å². The summed E-state index contributed by atoms with van der Waals surface area (Å²) in [5.41, 5.74) is 0.918. The Balaban J connectivity index is 2.17. The molecule has 0 aliphatic rings. The van der Waals surface area contributed by atoms with Gasteiger partial charge in [-0.25, -0.2) is 13.8 Å². The molecule has 0 radical (unpaired) electrons. The van der Waals surface area contributed by atoms with Crippen LogP contribution < -0.4 is 4.74 Å². The van der Waals surface area contributed by atoms with E-state index in [0.717, 1.165) is 12.1 Å². The van der Waals surface area contributed by atoms with Crippen molar-refractivity contribution in [1.29, 1.82) is 5.26 Å². The summed E-state index contributed by atoms with van der Waals surface area (Å²) in [5, 5.41) is 8.70. The van der Waals surface area contributed by atoms with Gasteiger partial charge in [-0.1, -0.05) is 0 Å². The predicted molar refractivity (Wildman–Crippen MR) is 67.3 cm³/mol. The summed E-state index contributed by atoms with van der Waals surface area (Å²) in [5.74, 6) is -1.55. The van der Waals surface area contributed by atoms with Gasteiger partial charge in [0, 0.05) is 12.3 Å². The van der Waals surface area contributed by atoms with E-state index in [1.165, 1.54) is 12.3 Å². The fourth-order valence-corrected chi connectivity index (χ4v) is 1.97. The van der Waals surface area contributed by atoms with Crippen LogP contribution in [0.2, 0.25) is 0 Å². The minimum Gasteiger partial charge on any atom is -0.485 e. The molecular weight excluding hydrogens is 318 g/mol. The van der Waals surface area contributed by atoms with Gasteiger partial charge >= 0.3 is 0 Å². The van der Waals surface area contributed by atoms with Crippen molar-refractivity contribution in [3.8, 4) is 11.8 Å². The lowest BCUT2D eigenvalue weighted by molar-refractivity contribution is 0.287. The lowest BCUT2D eigenvalue weighted by Crippen LogP contribution is -2.00. The molecule has 2 rings (SSSR count). The number of nitrogens with zero attached hydrogens (tertiary/aromatic N) is 2. The lowest BCUT2D eigenvalue weighted by atomic mass is 10.2. The number of ether oxygens (including phenoxy) is 1. The third-order valence-corrected chi connectivity index (χ3v) is 2.87. The molecule has 1 heterocycles. The van der Waals surface area contributed by atoms with E-state index in [4.69, 9.17) is 10.00 Å².